The third kappa shape index (κ3) is 68.7. The molecular formula is C60H72Cl2Co7O32. The van der Waals surface area contributed by atoms with Gasteiger partial charge in [0.25, 0.3) is 0 Å². The van der Waals surface area contributed by atoms with Gasteiger partial charge < -0.3 is 89.7 Å². The molecule has 0 fully saturated rings. The SMILES string of the molecule is CCOc1cccc(C=O)c1[O-].CCOc1cccc(C=O)c1[O-].CCOc1cccc(C=O)c1[O-].CCOc1cccc(C=O)c1[O-].CCOc1cccc(C=O)c1[O-].CCOc1cccc(C=O)c1[O-].C[O-].C[O-].C[O-].C[O-].C[O-].C[O-].[Co+2].[Co+2].[Co+2].[Co+2].[Co+2].[Co+2].[Co+2].[O-][Cl+3]([O-])([O-])[O-].[O-][Cl+3]([O-])([O-])[O-]. The quantitative estimate of drug-likeness (QED) is 0.0721. The molecule has 581 valence electrons. The zero-order valence-corrected chi connectivity index (χ0v) is 64.1. The first kappa shape index (κ1) is 132. The van der Waals surface area contributed by atoms with E-state index in [0.717, 1.165) is 42.7 Å². The molecular weight excluding hydrogens is 1720 g/mol. The van der Waals surface area contributed by atoms with Crippen LogP contribution in [0.25, 0.3) is 0 Å². The van der Waals surface area contributed by atoms with Crippen molar-refractivity contribution in [3.8, 4) is 69.0 Å². The maximum absolute atomic E-state index is 11.2. The molecule has 0 aliphatic rings. The largest absolute Gasteiger partial charge is 2.00 e. The molecule has 0 heterocycles. The molecule has 41 heteroatoms. The zero-order chi connectivity index (χ0) is 74.8. The molecule has 6 aromatic carbocycles. The first-order valence-electron chi connectivity index (χ1n) is 25.7. The fourth-order valence-corrected chi connectivity index (χ4v) is 5.37. The van der Waals surface area contributed by atoms with Crippen LogP contribution < -0.4 is 127 Å². The average molecular weight is 1790 g/mol. The molecule has 0 aromatic heterocycles. The van der Waals surface area contributed by atoms with Crippen molar-refractivity contribution in [3.05, 3.63) is 143 Å². The van der Waals surface area contributed by atoms with Gasteiger partial charge in [0.05, 0.1) is 39.6 Å². The van der Waals surface area contributed by atoms with Crippen LogP contribution in [0.1, 0.15) is 104 Å². The summed E-state index contributed by atoms with van der Waals surface area (Å²) < 4.78 is 98.0. The molecule has 0 bridgehead atoms. The van der Waals surface area contributed by atoms with Gasteiger partial charge >= 0.3 is 117 Å². The maximum atomic E-state index is 11.2. The Bertz CT molecular complexity index is 2400. The number of aldehydes is 6. The molecule has 0 unspecified atom stereocenters. The van der Waals surface area contributed by atoms with Crippen LogP contribution in [0.2, 0.25) is 0 Å². The Morgan fingerprint density at radius 1 is 0.238 bits per heavy atom. The summed E-state index contributed by atoms with van der Waals surface area (Å²) in [6, 6.07) is 27.9. The number of carbonyl (C=O) groups excluding carboxylic acids is 6. The molecule has 0 saturated heterocycles. The second-order valence-corrected chi connectivity index (χ2v) is 15.6. The van der Waals surface area contributed by atoms with Gasteiger partial charge in [-0.25, -0.2) is 37.3 Å². The standard InChI is InChI=1S/6C9H10O3.6CH3O.2ClHO4.7Co/c6*1-2-12-8-5-3-4-7(6-10)9(8)11;6*1-2;2*2-1(3,4)5;;;;;;;/h6*3-6,11H,2H2,1H3;6*1H3;2*(H,2,3,4,5);;;;;;;/q;;;;;;6*-1;;;7*+2/p-8. The van der Waals surface area contributed by atoms with Crippen LogP contribution in [-0.2, 0) is 117 Å². The first-order chi connectivity index (χ1) is 44.7. The number of rotatable bonds is 18. The van der Waals surface area contributed by atoms with Gasteiger partial charge in [0.2, 0.25) is 0 Å². The second-order valence-electron chi connectivity index (χ2n) is 14.1. The van der Waals surface area contributed by atoms with Gasteiger partial charge in [0.15, 0.2) is 0 Å². The summed E-state index contributed by atoms with van der Waals surface area (Å²) in [5.41, 5.74) is 0.839. The van der Waals surface area contributed by atoms with E-state index in [1.807, 2.05) is 0 Å². The molecule has 0 aliphatic carbocycles. The Morgan fingerprint density at radius 2 is 0.327 bits per heavy atom. The summed E-state index contributed by atoms with van der Waals surface area (Å²) in [5, 5.41) is 117. The minimum absolute atomic E-state index is 0. The number of hydrogen-bond acceptors (Lipinski definition) is 32. The van der Waals surface area contributed by atoms with Crippen molar-refractivity contribution < 1.29 is 294 Å². The van der Waals surface area contributed by atoms with Gasteiger partial charge in [-0.15, -0.1) is 20.5 Å². The van der Waals surface area contributed by atoms with Crippen LogP contribution in [0.5, 0.6) is 69.0 Å². The first-order valence-corrected chi connectivity index (χ1v) is 28.2. The van der Waals surface area contributed by atoms with Crippen LogP contribution in [0.3, 0.4) is 0 Å². The van der Waals surface area contributed by atoms with E-state index in [4.69, 9.17) is 96.3 Å². The maximum Gasteiger partial charge on any atom is 2.00 e. The molecule has 0 saturated carbocycles. The van der Waals surface area contributed by atoms with Gasteiger partial charge in [-0.3, -0.25) is 28.8 Å². The molecule has 0 aliphatic heterocycles. The Balaban J connectivity index is -0.0000000630. The van der Waals surface area contributed by atoms with E-state index >= 15 is 0 Å². The number of ether oxygens (including phenoxy) is 6. The summed E-state index contributed by atoms with van der Waals surface area (Å²) in [6.45, 7) is 13.3. The van der Waals surface area contributed by atoms with Crippen molar-refractivity contribution in [2.45, 2.75) is 41.5 Å². The summed E-state index contributed by atoms with van der Waals surface area (Å²) >= 11 is 0. The zero-order valence-electron chi connectivity index (χ0n) is 55.3. The van der Waals surface area contributed by atoms with E-state index in [1.165, 1.54) is 36.4 Å². The van der Waals surface area contributed by atoms with Crippen molar-refractivity contribution in [3.63, 3.8) is 0 Å². The van der Waals surface area contributed by atoms with Gasteiger partial charge in [0, 0.05) is 33.4 Å². The normalized spacial score (nSPS) is 8.26. The Hall–Kier alpha value is -5.49. The van der Waals surface area contributed by atoms with Gasteiger partial charge in [-0.1, -0.05) is 107 Å². The van der Waals surface area contributed by atoms with Crippen molar-refractivity contribution in [1.82, 2.24) is 0 Å². The van der Waals surface area contributed by atoms with Gasteiger partial charge in [0.1, 0.15) is 72.2 Å². The van der Waals surface area contributed by atoms with Crippen molar-refractivity contribution in [2.24, 2.45) is 0 Å². The van der Waals surface area contributed by atoms with E-state index in [9.17, 15) is 59.4 Å². The van der Waals surface area contributed by atoms with Crippen LogP contribution >= 0.6 is 0 Å². The summed E-state index contributed by atoms with van der Waals surface area (Å²) in [6.07, 6.45) is 3.20. The van der Waals surface area contributed by atoms with E-state index in [0.29, 0.717) is 77.4 Å². The van der Waals surface area contributed by atoms with Crippen molar-refractivity contribution >= 4 is 37.7 Å². The molecule has 7 radical (unpaired) electrons. The minimum atomic E-state index is -4.94. The minimum Gasteiger partial charge on any atom is -0.869 e. The summed E-state index contributed by atoms with van der Waals surface area (Å²) in [4.78, 5) is 62.0. The van der Waals surface area contributed by atoms with Gasteiger partial charge in [-0.2, -0.15) is 42.7 Å². The molecule has 0 amide bonds. The summed E-state index contributed by atoms with van der Waals surface area (Å²) in [7, 11) is -5.39. The fraction of sp³-hybridized carbons (Fsp3) is 0.300. The van der Waals surface area contributed by atoms with E-state index < -0.39 is 20.5 Å². The van der Waals surface area contributed by atoms with Crippen molar-refractivity contribution in [1.29, 1.82) is 0 Å². The number of benzene rings is 6. The second kappa shape index (κ2) is 88.7. The third-order valence-electron chi connectivity index (χ3n) is 8.62. The number of carbonyl (C=O) groups is 6. The monoisotopic (exact) mass is 1790 g/mol. The fourth-order valence-electron chi connectivity index (χ4n) is 5.37. The van der Waals surface area contributed by atoms with E-state index in [1.54, 1.807) is 114 Å². The Labute approximate surface area is 661 Å². The van der Waals surface area contributed by atoms with Crippen molar-refractivity contribution in [2.75, 3.05) is 82.3 Å². The number of hydrogen-bond donors (Lipinski definition) is 0. The molecule has 0 spiro atoms. The predicted octanol–water partition coefficient (Wildman–Crippen LogP) is -9.84. The Kier molecular flexibility index (Phi) is 116. The van der Waals surface area contributed by atoms with Crippen LogP contribution in [-0.4, -0.2) is 120 Å². The molecule has 0 N–H and O–H groups in total. The van der Waals surface area contributed by atoms with Gasteiger partial charge in [-0.05, 0) is 77.9 Å². The molecule has 6 rings (SSSR count). The van der Waals surface area contributed by atoms with Crippen LogP contribution in [0.15, 0.2) is 109 Å². The van der Waals surface area contributed by atoms with E-state index in [2.05, 4.69) is 0 Å². The number of halogens is 2. The predicted molar refractivity (Wildman–Crippen MR) is 290 cm³/mol. The van der Waals surface area contributed by atoms with Crippen LogP contribution in [0, 0.1) is 20.5 Å². The number of para-hydroxylation sites is 6. The van der Waals surface area contributed by atoms with Crippen LogP contribution in [0.4, 0.5) is 0 Å². The smallest absolute Gasteiger partial charge is 0.869 e. The Morgan fingerprint density at radius 3 is 0.396 bits per heavy atom. The van der Waals surface area contributed by atoms with E-state index in [-0.39, 0.29) is 220 Å². The molecule has 0 atom stereocenters. The average Bonchev–Trinajstić information content (AvgIpc) is 0.927. The third-order valence-corrected chi connectivity index (χ3v) is 8.62. The molecule has 6 aromatic rings. The molecule has 32 nitrogen and oxygen atoms in total. The molecule has 101 heavy (non-hydrogen) atoms. The topological polar surface area (TPSA) is 619 Å². The summed E-state index contributed by atoms with van der Waals surface area (Å²) in [5.74, 6) is -0.603.